The molecule has 0 aromatic heterocycles. The van der Waals surface area contributed by atoms with Gasteiger partial charge in [0.05, 0.1) is 26.9 Å². The average molecular weight is 606 g/mol. The third-order valence-electron chi connectivity index (χ3n) is 8.21. The smallest absolute Gasteiger partial charge is 0.254 e. The summed E-state index contributed by atoms with van der Waals surface area (Å²) in [6.07, 6.45) is 4.78. The number of halogens is 3. The van der Waals surface area contributed by atoms with Crippen LogP contribution in [0.5, 0.6) is 0 Å². The average Bonchev–Trinajstić information content (AvgIpc) is 3.22. The lowest BCUT2D eigenvalue weighted by Gasteiger charge is -2.36. The second-order valence-electron chi connectivity index (χ2n) is 10.3. The number of likely N-dealkylation sites (N-methyl/N-ethyl adjacent to an activating group) is 1. The van der Waals surface area contributed by atoms with E-state index in [0.717, 1.165) is 60.5 Å². The van der Waals surface area contributed by atoms with Crippen molar-refractivity contribution < 1.29 is 9.00 Å². The molecule has 1 fully saturated rings. The van der Waals surface area contributed by atoms with Gasteiger partial charge < -0.3 is 9.80 Å². The van der Waals surface area contributed by atoms with Gasteiger partial charge in [-0.1, -0.05) is 65.7 Å². The molecule has 0 N–H and O–H groups in total. The molecule has 2 heterocycles. The number of hydrogen-bond acceptors (Lipinski definition) is 3. The molecule has 3 atom stereocenters. The minimum absolute atomic E-state index is 0. The van der Waals surface area contributed by atoms with Crippen LogP contribution in [0.15, 0.2) is 71.6 Å². The molecule has 3 unspecified atom stereocenters. The zero-order chi connectivity index (χ0) is 26.8. The van der Waals surface area contributed by atoms with Gasteiger partial charge in [0.15, 0.2) is 0 Å². The minimum atomic E-state index is -0.979. The topological polar surface area (TPSA) is 40.6 Å². The van der Waals surface area contributed by atoms with Gasteiger partial charge in [0.1, 0.15) is 0 Å². The van der Waals surface area contributed by atoms with Crippen molar-refractivity contribution in [3.8, 4) is 0 Å². The van der Waals surface area contributed by atoms with E-state index in [1.165, 1.54) is 5.56 Å². The lowest BCUT2D eigenvalue weighted by molar-refractivity contribution is 0.0703. The number of amides is 1. The lowest BCUT2D eigenvalue weighted by Crippen LogP contribution is -2.36. The number of fused-ring (bicyclic) bond motifs is 1. The van der Waals surface area contributed by atoms with E-state index in [1.54, 1.807) is 6.26 Å². The Morgan fingerprint density at radius 2 is 1.62 bits per heavy atom. The van der Waals surface area contributed by atoms with E-state index in [-0.39, 0.29) is 30.3 Å². The number of carbonyl (C=O) groups excluding carboxylic acids is 1. The maximum atomic E-state index is 13.3. The predicted molar refractivity (Wildman–Crippen MR) is 164 cm³/mol. The SMILES string of the molecule is CCN1C(=O)c2ccccc2C1C(CCN1CCC(c2ccccc2S(C)=O)CC1)c1ccc(Cl)c(Cl)c1.Cl. The van der Waals surface area contributed by atoms with Crippen molar-refractivity contribution in [1.82, 2.24) is 9.80 Å². The molecule has 39 heavy (non-hydrogen) atoms. The van der Waals surface area contributed by atoms with Gasteiger partial charge in [-0.05, 0) is 92.7 Å². The summed E-state index contributed by atoms with van der Waals surface area (Å²) in [5, 5.41) is 1.09. The van der Waals surface area contributed by atoms with Crippen LogP contribution >= 0.6 is 35.6 Å². The fourth-order valence-electron chi connectivity index (χ4n) is 6.29. The van der Waals surface area contributed by atoms with Gasteiger partial charge in [-0.3, -0.25) is 9.00 Å². The minimum Gasteiger partial charge on any atom is -0.331 e. The van der Waals surface area contributed by atoms with Gasteiger partial charge in [0, 0.05) is 29.2 Å². The Hall–Kier alpha value is -1.89. The van der Waals surface area contributed by atoms with E-state index in [0.29, 0.717) is 22.5 Å². The molecule has 8 heteroatoms. The van der Waals surface area contributed by atoms with E-state index < -0.39 is 10.8 Å². The molecule has 2 aliphatic heterocycles. The molecule has 2 aliphatic rings. The first-order valence-electron chi connectivity index (χ1n) is 13.4. The summed E-state index contributed by atoms with van der Waals surface area (Å²) in [7, 11) is -0.979. The Balaban J connectivity index is 0.00000353. The molecule has 1 saturated heterocycles. The number of rotatable bonds is 8. The highest BCUT2D eigenvalue weighted by Gasteiger charge is 2.41. The molecular formula is C31H35Cl3N2O2S. The van der Waals surface area contributed by atoms with E-state index >= 15 is 0 Å². The van der Waals surface area contributed by atoms with Crippen LogP contribution in [0.25, 0.3) is 0 Å². The highest BCUT2D eigenvalue weighted by molar-refractivity contribution is 7.84. The third kappa shape index (κ3) is 6.23. The molecule has 0 saturated carbocycles. The van der Waals surface area contributed by atoms with Gasteiger partial charge in [0.2, 0.25) is 0 Å². The largest absolute Gasteiger partial charge is 0.331 e. The van der Waals surface area contributed by atoms with Crippen LogP contribution < -0.4 is 0 Å². The van der Waals surface area contributed by atoms with E-state index in [1.807, 2.05) is 47.4 Å². The van der Waals surface area contributed by atoms with Gasteiger partial charge >= 0.3 is 0 Å². The number of carbonyl (C=O) groups is 1. The van der Waals surface area contributed by atoms with Crippen molar-refractivity contribution >= 4 is 52.3 Å². The third-order valence-corrected chi connectivity index (χ3v) is 9.94. The molecule has 0 radical (unpaired) electrons. The normalized spacial score (nSPS) is 19.4. The van der Waals surface area contributed by atoms with Crippen LogP contribution in [-0.4, -0.2) is 52.4 Å². The maximum Gasteiger partial charge on any atom is 0.254 e. The number of likely N-dealkylation sites (tertiary alicyclic amines) is 1. The molecule has 3 aromatic carbocycles. The quantitative estimate of drug-likeness (QED) is 0.264. The first-order chi connectivity index (χ1) is 18.4. The fourth-order valence-corrected chi connectivity index (χ4v) is 7.43. The van der Waals surface area contributed by atoms with Crippen LogP contribution in [0.4, 0.5) is 0 Å². The first kappa shape index (κ1) is 30.1. The number of benzene rings is 3. The zero-order valence-corrected chi connectivity index (χ0v) is 25.5. The van der Waals surface area contributed by atoms with Gasteiger partial charge in [-0.15, -0.1) is 12.4 Å². The molecule has 208 valence electrons. The van der Waals surface area contributed by atoms with Crippen LogP contribution in [0.1, 0.15) is 71.1 Å². The summed E-state index contributed by atoms with van der Waals surface area (Å²) >= 11 is 12.8. The van der Waals surface area contributed by atoms with E-state index in [4.69, 9.17) is 23.2 Å². The monoisotopic (exact) mass is 604 g/mol. The standard InChI is InChI=1S/C31H34Cl2N2O2S.ClH/c1-3-35-30(25-9-4-5-10-26(25)31(35)36)24(22-12-13-27(32)28(33)20-22)16-19-34-17-14-21(15-18-34)23-8-6-7-11-29(23)38(2)37;/h4-13,20-21,24,30H,3,14-19H2,1-2H3;1H. The van der Waals surface area contributed by atoms with Crippen molar-refractivity contribution in [3.05, 3.63) is 99.0 Å². The fraction of sp³-hybridized carbons (Fsp3) is 0.387. The Morgan fingerprint density at radius 1 is 0.949 bits per heavy atom. The summed E-state index contributed by atoms with van der Waals surface area (Å²) in [6, 6.07) is 22.0. The van der Waals surface area contributed by atoms with Crippen molar-refractivity contribution in [2.24, 2.45) is 0 Å². The summed E-state index contributed by atoms with van der Waals surface area (Å²) in [4.78, 5) is 18.8. The zero-order valence-electron chi connectivity index (χ0n) is 22.3. The second-order valence-corrected chi connectivity index (χ2v) is 12.5. The van der Waals surface area contributed by atoms with Crippen molar-refractivity contribution in [1.29, 1.82) is 0 Å². The Kier molecular flexibility index (Phi) is 10.2. The highest BCUT2D eigenvalue weighted by Crippen LogP contribution is 2.45. The molecule has 5 rings (SSSR count). The molecule has 3 aromatic rings. The first-order valence-corrected chi connectivity index (χ1v) is 15.7. The molecule has 1 amide bonds. The van der Waals surface area contributed by atoms with Crippen LogP contribution in [0.2, 0.25) is 10.0 Å². The van der Waals surface area contributed by atoms with E-state index in [2.05, 4.69) is 36.1 Å². The summed E-state index contributed by atoms with van der Waals surface area (Å²) in [5.74, 6) is 0.636. The molecular weight excluding hydrogens is 571 g/mol. The van der Waals surface area contributed by atoms with Gasteiger partial charge in [-0.2, -0.15) is 0 Å². The van der Waals surface area contributed by atoms with Crippen LogP contribution in [-0.2, 0) is 10.8 Å². The lowest BCUT2D eigenvalue weighted by atomic mass is 9.83. The Morgan fingerprint density at radius 3 is 2.28 bits per heavy atom. The van der Waals surface area contributed by atoms with Crippen LogP contribution in [0.3, 0.4) is 0 Å². The van der Waals surface area contributed by atoms with Crippen molar-refractivity contribution in [2.75, 3.05) is 32.4 Å². The Labute approximate surface area is 250 Å². The number of nitrogens with zero attached hydrogens (tertiary/aromatic N) is 2. The second kappa shape index (κ2) is 13.2. The van der Waals surface area contributed by atoms with E-state index in [9.17, 15) is 9.00 Å². The summed E-state index contributed by atoms with van der Waals surface area (Å²) < 4.78 is 12.3. The number of hydrogen-bond donors (Lipinski definition) is 0. The van der Waals surface area contributed by atoms with Crippen molar-refractivity contribution in [3.63, 3.8) is 0 Å². The molecule has 0 bridgehead atoms. The molecule has 0 aliphatic carbocycles. The Bertz CT molecular complexity index is 1340. The van der Waals surface area contributed by atoms with Gasteiger partial charge in [0.25, 0.3) is 5.91 Å². The number of piperidine rings is 1. The van der Waals surface area contributed by atoms with Crippen LogP contribution in [0, 0.1) is 0 Å². The molecule has 0 spiro atoms. The predicted octanol–water partition coefficient (Wildman–Crippen LogP) is 7.72. The highest BCUT2D eigenvalue weighted by atomic mass is 35.5. The van der Waals surface area contributed by atoms with Crippen molar-refractivity contribution in [2.45, 2.75) is 49.0 Å². The van der Waals surface area contributed by atoms with Gasteiger partial charge in [-0.25, -0.2) is 0 Å². The summed E-state index contributed by atoms with van der Waals surface area (Å²) in [6.45, 7) is 5.64. The summed E-state index contributed by atoms with van der Waals surface area (Å²) in [5.41, 5.74) is 4.25. The maximum absolute atomic E-state index is 13.3. The molecule has 4 nitrogen and oxygen atoms in total.